The molecule has 2 heteroatoms. The second kappa shape index (κ2) is 4.17. The summed E-state index contributed by atoms with van der Waals surface area (Å²) in [7, 11) is 0. The van der Waals surface area contributed by atoms with Crippen molar-refractivity contribution in [2.45, 2.75) is 11.4 Å². The summed E-state index contributed by atoms with van der Waals surface area (Å²) in [6.45, 7) is 0.912. The highest BCUT2D eigenvalue weighted by Gasteiger charge is 2.35. The van der Waals surface area contributed by atoms with Crippen molar-refractivity contribution in [1.82, 2.24) is 5.32 Å². The van der Waals surface area contributed by atoms with Crippen LogP contribution in [0.3, 0.4) is 0 Å². The minimum Gasteiger partial charge on any atom is -0.291 e. The van der Waals surface area contributed by atoms with Crippen molar-refractivity contribution in [3.63, 3.8) is 0 Å². The standard InChI is InChI=1S/C15H14ClN/c16-15(13-7-2-1-3-8-13)14-9-5-4-6-12(14)10-11-17-15/h1-9,17H,10-11H2. The van der Waals surface area contributed by atoms with Crippen molar-refractivity contribution >= 4 is 11.6 Å². The molecule has 1 N–H and O–H groups in total. The van der Waals surface area contributed by atoms with Crippen LogP contribution in [-0.4, -0.2) is 6.54 Å². The van der Waals surface area contributed by atoms with Crippen LogP contribution in [0, 0.1) is 0 Å². The highest BCUT2D eigenvalue weighted by Crippen LogP contribution is 2.38. The lowest BCUT2D eigenvalue weighted by Gasteiger charge is -2.35. The van der Waals surface area contributed by atoms with Crippen molar-refractivity contribution in [3.05, 3.63) is 71.3 Å². The maximum absolute atomic E-state index is 6.82. The Balaban J connectivity index is 2.16. The first-order chi connectivity index (χ1) is 8.31. The van der Waals surface area contributed by atoms with Crippen molar-refractivity contribution < 1.29 is 0 Å². The maximum atomic E-state index is 6.82. The lowest BCUT2D eigenvalue weighted by molar-refractivity contribution is 0.514. The lowest BCUT2D eigenvalue weighted by atomic mass is 9.89. The van der Waals surface area contributed by atoms with E-state index in [4.69, 9.17) is 11.6 Å². The van der Waals surface area contributed by atoms with Crippen LogP contribution in [0.2, 0.25) is 0 Å². The van der Waals surface area contributed by atoms with Crippen LogP contribution < -0.4 is 5.32 Å². The summed E-state index contributed by atoms with van der Waals surface area (Å²) < 4.78 is 0. The van der Waals surface area contributed by atoms with Crippen LogP contribution in [0.1, 0.15) is 16.7 Å². The third-order valence-corrected chi connectivity index (χ3v) is 3.88. The van der Waals surface area contributed by atoms with Crippen LogP contribution in [0.4, 0.5) is 0 Å². The molecule has 17 heavy (non-hydrogen) atoms. The summed E-state index contributed by atoms with van der Waals surface area (Å²) in [6, 6.07) is 18.6. The van der Waals surface area contributed by atoms with Crippen LogP contribution in [0.25, 0.3) is 0 Å². The Kier molecular flexibility index (Phi) is 2.65. The molecule has 3 rings (SSSR count). The Hall–Kier alpha value is -1.31. The van der Waals surface area contributed by atoms with E-state index >= 15 is 0 Å². The Labute approximate surface area is 106 Å². The zero-order valence-corrected chi connectivity index (χ0v) is 10.2. The fourth-order valence-corrected chi connectivity index (χ4v) is 2.87. The Bertz CT molecular complexity index is 523. The smallest absolute Gasteiger partial charge is 0.145 e. The summed E-state index contributed by atoms with van der Waals surface area (Å²) in [5.74, 6) is 0. The molecule has 1 atom stereocenters. The largest absolute Gasteiger partial charge is 0.291 e. The van der Waals surface area contributed by atoms with Gasteiger partial charge in [0.2, 0.25) is 0 Å². The summed E-state index contributed by atoms with van der Waals surface area (Å²) in [4.78, 5) is -0.573. The van der Waals surface area contributed by atoms with Crippen molar-refractivity contribution in [1.29, 1.82) is 0 Å². The van der Waals surface area contributed by atoms with E-state index in [2.05, 4.69) is 35.6 Å². The molecular formula is C15H14ClN. The fraction of sp³-hybridized carbons (Fsp3) is 0.200. The monoisotopic (exact) mass is 243 g/mol. The van der Waals surface area contributed by atoms with Gasteiger partial charge in [-0.15, -0.1) is 0 Å². The van der Waals surface area contributed by atoms with Gasteiger partial charge in [-0.3, -0.25) is 5.32 Å². The number of alkyl halides is 1. The Morgan fingerprint density at radius 1 is 0.941 bits per heavy atom. The maximum Gasteiger partial charge on any atom is 0.145 e. The van der Waals surface area contributed by atoms with Gasteiger partial charge in [0.25, 0.3) is 0 Å². The van der Waals surface area contributed by atoms with Gasteiger partial charge >= 0.3 is 0 Å². The normalized spacial score (nSPS) is 23.1. The number of hydrogen-bond donors (Lipinski definition) is 1. The molecule has 1 nitrogen and oxygen atoms in total. The number of benzene rings is 2. The van der Waals surface area contributed by atoms with Gasteiger partial charge in [-0.2, -0.15) is 0 Å². The molecule has 0 fully saturated rings. The highest BCUT2D eigenvalue weighted by molar-refractivity contribution is 6.26. The summed E-state index contributed by atoms with van der Waals surface area (Å²) in [5.41, 5.74) is 3.62. The van der Waals surface area contributed by atoms with E-state index in [0.717, 1.165) is 18.5 Å². The lowest BCUT2D eigenvalue weighted by Crippen LogP contribution is -2.43. The number of nitrogens with one attached hydrogen (secondary N) is 1. The number of halogens is 1. The highest BCUT2D eigenvalue weighted by atomic mass is 35.5. The summed E-state index contributed by atoms with van der Waals surface area (Å²) >= 11 is 6.82. The molecule has 0 radical (unpaired) electrons. The van der Waals surface area contributed by atoms with E-state index in [1.54, 1.807) is 0 Å². The first-order valence-corrected chi connectivity index (χ1v) is 6.26. The minimum absolute atomic E-state index is 0.573. The molecule has 0 amide bonds. The average molecular weight is 244 g/mol. The van der Waals surface area contributed by atoms with E-state index in [0.29, 0.717) is 0 Å². The molecule has 0 spiro atoms. The Morgan fingerprint density at radius 2 is 1.65 bits per heavy atom. The molecule has 1 heterocycles. The van der Waals surface area contributed by atoms with Gasteiger partial charge in [-0.25, -0.2) is 0 Å². The molecule has 0 saturated heterocycles. The molecule has 0 bridgehead atoms. The van der Waals surface area contributed by atoms with E-state index in [1.807, 2.05) is 24.3 Å². The predicted octanol–water partition coefficient (Wildman–Crippen LogP) is 3.27. The molecule has 0 saturated carbocycles. The van der Waals surface area contributed by atoms with Crippen molar-refractivity contribution in [2.75, 3.05) is 6.54 Å². The van der Waals surface area contributed by atoms with Crippen LogP contribution >= 0.6 is 11.6 Å². The molecular weight excluding hydrogens is 230 g/mol. The molecule has 0 aromatic heterocycles. The summed E-state index contributed by atoms with van der Waals surface area (Å²) in [6.07, 6.45) is 1.04. The number of fused-ring (bicyclic) bond motifs is 1. The van der Waals surface area contributed by atoms with E-state index < -0.39 is 5.00 Å². The molecule has 1 aliphatic heterocycles. The van der Waals surface area contributed by atoms with E-state index in [9.17, 15) is 0 Å². The first kappa shape index (κ1) is 10.8. The SMILES string of the molecule is ClC1(c2ccccc2)NCCc2ccccc21. The van der Waals surface area contributed by atoms with E-state index in [1.165, 1.54) is 11.1 Å². The van der Waals surface area contributed by atoms with Gasteiger partial charge in [0.15, 0.2) is 0 Å². The molecule has 1 aliphatic rings. The van der Waals surface area contributed by atoms with Crippen LogP contribution in [-0.2, 0) is 11.4 Å². The quantitative estimate of drug-likeness (QED) is 0.599. The van der Waals surface area contributed by atoms with Gasteiger partial charge in [0.05, 0.1) is 0 Å². The minimum atomic E-state index is -0.573. The number of hydrogen-bond acceptors (Lipinski definition) is 1. The van der Waals surface area contributed by atoms with E-state index in [-0.39, 0.29) is 0 Å². The van der Waals surface area contributed by atoms with Gasteiger partial charge in [-0.05, 0) is 23.1 Å². The second-order valence-electron chi connectivity index (χ2n) is 4.36. The zero-order chi connectivity index (χ0) is 11.7. The van der Waals surface area contributed by atoms with Gasteiger partial charge in [-0.1, -0.05) is 66.2 Å². The number of rotatable bonds is 1. The third-order valence-electron chi connectivity index (χ3n) is 3.32. The average Bonchev–Trinajstić information content (AvgIpc) is 2.40. The first-order valence-electron chi connectivity index (χ1n) is 5.88. The molecule has 2 aromatic carbocycles. The third kappa shape index (κ3) is 1.76. The molecule has 86 valence electrons. The zero-order valence-electron chi connectivity index (χ0n) is 9.49. The van der Waals surface area contributed by atoms with Gasteiger partial charge < -0.3 is 0 Å². The molecule has 0 aliphatic carbocycles. The topological polar surface area (TPSA) is 12.0 Å². The molecule has 2 aromatic rings. The van der Waals surface area contributed by atoms with Gasteiger partial charge in [0.1, 0.15) is 5.00 Å². The molecule has 1 unspecified atom stereocenters. The fourth-order valence-electron chi connectivity index (χ4n) is 2.46. The second-order valence-corrected chi connectivity index (χ2v) is 4.93. The van der Waals surface area contributed by atoms with Crippen molar-refractivity contribution in [2.24, 2.45) is 0 Å². The van der Waals surface area contributed by atoms with Gasteiger partial charge in [0, 0.05) is 6.54 Å². The van der Waals surface area contributed by atoms with Crippen molar-refractivity contribution in [3.8, 4) is 0 Å². The van der Waals surface area contributed by atoms with Crippen LogP contribution in [0.5, 0.6) is 0 Å². The Morgan fingerprint density at radius 3 is 2.47 bits per heavy atom. The van der Waals surface area contributed by atoms with Crippen LogP contribution in [0.15, 0.2) is 54.6 Å². The summed E-state index contributed by atoms with van der Waals surface area (Å²) in [5, 5.41) is 3.43. The predicted molar refractivity (Wildman–Crippen MR) is 71.2 cm³/mol.